The molecule has 0 saturated heterocycles. The summed E-state index contributed by atoms with van der Waals surface area (Å²) in [6.07, 6.45) is 7.09. The van der Waals surface area contributed by atoms with Gasteiger partial charge >= 0.3 is 0 Å². The topological polar surface area (TPSA) is 24.9 Å². The SMILES string of the molecule is Cc1nc(C(C)NCCC2CCCC(C)C2)cs1. The first-order chi connectivity index (χ1) is 8.65. The van der Waals surface area contributed by atoms with Crippen LogP contribution in [-0.2, 0) is 0 Å². The Kier molecular flexibility index (Phi) is 5.19. The Hall–Kier alpha value is -0.410. The molecule has 0 spiro atoms. The minimum Gasteiger partial charge on any atom is -0.309 e. The zero-order chi connectivity index (χ0) is 13.0. The molecule has 1 saturated carbocycles. The standard InChI is InChI=1S/C15H26N2S/c1-11-5-4-6-14(9-11)7-8-16-12(2)15-10-18-13(3)17-15/h10-12,14,16H,4-9H2,1-3H3. The molecular formula is C15H26N2S. The van der Waals surface area contributed by atoms with Crippen molar-refractivity contribution in [1.29, 1.82) is 0 Å². The maximum atomic E-state index is 4.54. The van der Waals surface area contributed by atoms with Gasteiger partial charge in [0.25, 0.3) is 0 Å². The Morgan fingerprint density at radius 2 is 2.33 bits per heavy atom. The third-order valence-electron chi connectivity index (χ3n) is 4.13. The molecule has 1 aromatic rings. The molecular weight excluding hydrogens is 240 g/mol. The van der Waals surface area contributed by atoms with E-state index < -0.39 is 0 Å². The summed E-state index contributed by atoms with van der Waals surface area (Å²) in [5.41, 5.74) is 1.20. The van der Waals surface area contributed by atoms with Crippen LogP contribution in [0.15, 0.2) is 5.38 Å². The van der Waals surface area contributed by atoms with Crippen molar-refractivity contribution in [1.82, 2.24) is 10.3 Å². The smallest absolute Gasteiger partial charge is 0.0898 e. The lowest BCUT2D eigenvalue weighted by molar-refractivity contribution is 0.265. The monoisotopic (exact) mass is 266 g/mol. The quantitative estimate of drug-likeness (QED) is 0.858. The summed E-state index contributed by atoms with van der Waals surface area (Å²) in [5.74, 6) is 1.90. The molecule has 1 aromatic heterocycles. The van der Waals surface area contributed by atoms with Crippen LogP contribution in [0, 0.1) is 18.8 Å². The molecule has 0 amide bonds. The van der Waals surface area contributed by atoms with Crippen molar-refractivity contribution in [3.05, 3.63) is 16.1 Å². The number of nitrogens with one attached hydrogen (secondary N) is 1. The Balaban J connectivity index is 1.68. The maximum absolute atomic E-state index is 4.54. The summed E-state index contributed by atoms with van der Waals surface area (Å²) >= 11 is 1.74. The van der Waals surface area contributed by atoms with E-state index in [1.54, 1.807) is 11.3 Å². The molecule has 0 radical (unpaired) electrons. The molecule has 3 unspecified atom stereocenters. The predicted octanol–water partition coefficient (Wildman–Crippen LogP) is 4.32. The van der Waals surface area contributed by atoms with Crippen molar-refractivity contribution >= 4 is 11.3 Å². The van der Waals surface area contributed by atoms with Gasteiger partial charge in [0.15, 0.2) is 0 Å². The summed E-state index contributed by atoms with van der Waals surface area (Å²) in [6.45, 7) is 7.83. The molecule has 1 aliphatic carbocycles. The molecule has 18 heavy (non-hydrogen) atoms. The van der Waals surface area contributed by atoms with Gasteiger partial charge in [-0.3, -0.25) is 0 Å². The van der Waals surface area contributed by atoms with Crippen LogP contribution in [0.25, 0.3) is 0 Å². The van der Waals surface area contributed by atoms with E-state index in [1.807, 2.05) is 0 Å². The second-order valence-corrected chi connectivity index (χ2v) is 6.96. The number of hydrogen-bond acceptors (Lipinski definition) is 3. The van der Waals surface area contributed by atoms with Crippen molar-refractivity contribution in [2.24, 2.45) is 11.8 Å². The van der Waals surface area contributed by atoms with Crippen molar-refractivity contribution < 1.29 is 0 Å². The van der Waals surface area contributed by atoms with Crippen molar-refractivity contribution in [2.75, 3.05) is 6.54 Å². The second-order valence-electron chi connectivity index (χ2n) is 5.89. The Bertz CT molecular complexity index is 361. The van der Waals surface area contributed by atoms with Crippen LogP contribution in [-0.4, -0.2) is 11.5 Å². The summed E-state index contributed by atoms with van der Waals surface area (Å²) in [7, 11) is 0. The molecule has 2 rings (SSSR count). The molecule has 1 aliphatic rings. The van der Waals surface area contributed by atoms with Gasteiger partial charge in [-0.1, -0.05) is 26.2 Å². The highest BCUT2D eigenvalue weighted by Gasteiger charge is 2.18. The van der Waals surface area contributed by atoms with Crippen LogP contribution in [0.5, 0.6) is 0 Å². The van der Waals surface area contributed by atoms with Gasteiger partial charge < -0.3 is 5.32 Å². The third kappa shape index (κ3) is 4.06. The molecule has 0 bridgehead atoms. The first kappa shape index (κ1) is 14.0. The van der Waals surface area contributed by atoms with Crippen molar-refractivity contribution in [3.8, 4) is 0 Å². The summed E-state index contributed by atoms with van der Waals surface area (Å²) in [6, 6.07) is 0.399. The second kappa shape index (κ2) is 6.67. The lowest BCUT2D eigenvalue weighted by atomic mass is 9.81. The average Bonchev–Trinajstić information content (AvgIpc) is 2.76. The zero-order valence-electron chi connectivity index (χ0n) is 11.9. The van der Waals surface area contributed by atoms with E-state index in [0.717, 1.165) is 18.4 Å². The highest BCUT2D eigenvalue weighted by atomic mass is 32.1. The molecule has 1 N–H and O–H groups in total. The lowest BCUT2D eigenvalue weighted by Gasteiger charge is -2.27. The maximum Gasteiger partial charge on any atom is 0.0898 e. The minimum atomic E-state index is 0.399. The number of nitrogens with zero attached hydrogens (tertiary/aromatic N) is 1. The van der Waals surface area contributed by atoms with E-state index in [9.17, 15) is 0 Å². The number of thiazole rings is 1. The van der Waals surface area contributed by atoms with E-state index in [2.05, 4.69) is 36.5 Å². The first-order valence-electron chi connectivity index (χ1n) is 7.30. The molecule has 102 valence electrons. The van der Waals surface area contributed by atoms with Crippen LogP contribution in [0.2, 0.25) is 0 Å². The van der Waals surface area contributed by atoms with Crippen LogP contribution in [0.1, 0.15) is 62.7 Å². The molecule has 3 atom stereocenters. The van der Waals surface area contributed by atoms with Gasteiger partial charge in [0.1, 0.15) is 0 Å². The van der Waals surface area contributed by atoms with Gasteiger partial charge in [0.05, 0.1) is 10.7 Å². The molecule has 3 heteroatoms. The number of aryl methyl sites for hydroxylation is 1. The highest BCUT2D eigenvalue weighted by molar-refractivity contribution is 7.09. The Morgan fingerprint density at radius 1 is 1.50 bits per heavy atom. The number of aromatic nitrogens is 1. The van der Waals surface area contributed by atoms with E-state index in [4.69, 9.17) is 0 Å². The van der Waals surface area contributed by atoms with Gasteiger partial charge in [-0.15, -0.1) is 11.3 Å². The van der Waals surface area contributed by atoms with E-state index in [-0.39, 0.29) is 0 Å². The highest BCUT2D eigenvalue weighted by Crippen LogP contribution is 2.30. The molecule has 1 heterocycles. The lowest BCUT2D eigenvalue weighted by Crippen LogP contribution is -2.24. The van der Waals surface area contributed by atoms with Gasteiger partial charge in [-0.2, -0.15) is 0 Å². The summed E-state index contributed by atoms with van der Waals surface area (Å²) in [5, 5.41) is 6.96. The third-order valence-corrected chi connectivity index (χ3v) is 4.92. The Morgan fingerprint density at radius 3 is 3.00 bits per heavy atom. The fourth-order valence-electron chi connectivity index (χ4n) is 3.01. The van der Waals surface area contributed by atoms with E-state index in [1.165, 1.54) is 42.8 Å². The average molecular weight is 266 g/mol. The molecule has 0 aliphatic heterocycles. The first-order valence-corrected chi connectivity index (χ1v) is 8.18. The van der Waals surface area contributed by atoms with E-state index in [0.29, 0.717) is 6.04 Å². The van der Waals surface area contributed by atoms with Crippen LogP contribution in [0.4, 0.5) is 0 Å². The normalized spacial score (nSPS) is 26.2. The largest absolute Gasteiger partial charge is 0.309 e. The predicted molar refractivity (Wildman–Crippen MR) is 79.0 cm³/mol. The Labute approximate surface area is 115 Å². The van der Waals surface area contributed by atoms with Crippen LogP contribution >= 0.6 is 11.3 Å². The minimum absolute atomic E-state index is 0.399. The van der Waals surface area contributed by atoms with Gasteiger partial charge in [0.2, 0.25) is 0 Å². The molecule has 1 fully saturated rings. The fourth-order valence-corrected chi connectivity index (χ4v) is 3.72. The van der Waals surface area contributed by atoms with Crippen LogP contribution < -0.4 is 5.32 Å². The van der Waals surface area contributed by atoms with Crippen LogP contribution in [0.3, 0.4) is 0 Å². The van der Waals surface area contributed by atoms with E-state index >= 15 is 0 Å². The van der Waals surface area contributed by atoms with Crippen molar-refractivity contribution in [3.63, 3.8) is 0 Å². The van der Waals surface area contributed by atoms with Crippen molar-refractivity contribution in [2.45, 2.75) is 58.9 Å². The zero-order valence-corrected chi connectivity index (χ0v) is 12.7. The molecule has 0 aromatic carbocycles. The number of rotatable bonds is 5. The summed E-state index contributed by atoms with van der Waals surface area (Å²) < 4.78 is 0. The fraction of sp³-hybridized carbons (Fsp3) is 0.800. The van der Waals surface area contributed by atoms with Gasteiger partial charge in [-0.25, -0.2) is 4.98 Å². The molecule has 2 nitrogen and oxygen atoms in total. The van der Waals surface area contributed by atoms with Gasteiger partial charge in [0, 0.05) is 11.4 Å². The summed E-state index contributed by atoms with van der Waals surface area (Å²) in [4.78, 5) is 4.54. The number of hydrogen-bond donors (Lipinski definition) is 1. The van der Waals surface area contributed by atoms with Gasteiger partial charge in [-0.05, 0) is 45.1 Å².